The standard InChI is InChI=1S/C35H41N7O5S/c1-23-8-6-9-24(2)32(23)29-17-31-39-34(38-29)40-48(44,45)28-11-7-10-25(16-28)33(43)42(27(22-47-31)18-35(3,4)5)21-26-19-37-30(20-36-26)41-12-14-46-15-13-41/h6-11,16-17,19-20,27H,12-15,18,21-22H2,1-5H3,(H,38,39,40)/t27-/m1/s1. The molecule has 2 aliphatic rings. The molecule has 1 N–H and O–H groups in total. The Labute approximate surface area is 281 Å². The van der Waals surface area contributed by atoms with Crippen molar-refractivity contribution in [1.82, 2.24) is 24.8 Å². The Bertz CT molecular complexity index is 1890. The summed E-state index contributed by atoms with van der Waals surface area (Å²) < 4.78 is 41.7. The van der Waals surface area contributed by atoms with Crippen LogP contribution in [0.25, 0.3) is 11.3 Å². The summed E-state index contributed by atoms with van der Waals surface area (Å²) in [5.41, 5.74) is 3.95. The number of morpholine rings is 1. The minimum absolute atomic E-state index is 0.0851. The van der Waals surface area contributed by atoms with Crippen molar-refractivity contribution in [2.24, 2.45) is 5.41 Å². The molecule has 0 saturated carbocycles. The van der Waals surface area contributed by atoms with Gasteiger partial charge in [-0.05, 0) is 55.0 Å². The molecule has 1 saturated heterocycles. The second-order valence-electron chi connectivity index (χ2n) is 13.4. The topological polar surface area (TPSA) is 140 Å². The third-order valence-corrected chi connectivity index (χ3v) is 9.72. The maximum atomic E-state index is 14.4. The molecule has 48 heavy (non-hydrogen) atoms. The van der Waals surface area contributed by atoms with Crippen molar-refractivity contribution in [3.05, 3.63) is 83.3 Å². The zero-order valence-corrected chi connectivity index (χ0v) is 28.7. The first-order valence-electron chi connectivity index (χ1n) is 16.0. The predicted molar refractivity (Wildman–Crippen MR) is 182 cm³/mol. The smallest absolute Gasteiger partial charge is 0.264 e. The number of nitrogens with zero attached hydrogens (tertiary/aromatic N) is 6. The van der Waals surface area contributed by atoms with Crippen molar-refractivity contribution in [3.63, 3.8) is 0 Å². The number of fused-ring (bicyclic) bond motifs is 4. The van der Waals surface area contributed by atoms with Crippen LogP contribution in [0.1, 0.15) is 54.4 Å². The molecule has 2 aromatic heterocycles. The molecule has 6 rings (SSSR count). The van der Waals surface area contributed by atoms with Gasteiger partial charge in [-0.15, -0.1) is 0 Å². The molecule has 4 bridgehead atoms. The maximum absolute atomic E-state index is 14.4. The molecule has 0 unspecified atom stereocenters. The van der Waals surface area contributed by atoms with Crippen molar-refractivity contribution >= 4 is 27.7 Å². The number of aromatic nitrogens is 4. The lowest BCUT2D eigenvalue weighted by Crippen LogP contribution is -2.45. The third-order valence-electron chi connectivity index (χ3n) is 8.39. The van der Waals surface area contributed by atoms with E-state index in [2.05, 4.69) is 50.3 Å². The summed E-state index contributed by atoms with van der Waals surface area (Å²) in [5, 5.41) is 0. The van der Waals surface area contributed by atoms with E-state index in [9.17, 15) is 13.2 Å². The van der Waals surface area contributed by atoms with Gasteiger partial charge in [-0.25, -0.2) is 23.1 Å². The van der Waals surface area contributed by atoms with Crippen LogP contribution < -0.4 is 14.4 Å². The summed E-state index contributed by atoms with van der Waals surface area (Å²) in [7, 11) is -4.17. The quantitative estimate of drug-likeness (QED) is 0.307. The lowest BCUT2D eigenvalue weighted by molar-refractivity contribution is 0.0509. The Balaban J connectivity index is 1.43. The SMILES string of the molecule is Cc1cccc(C)c1-c1cc2nc(n1)NS(=O)(=O)c1cccc(c1)C(=O)N(Cc1cnc(N3CCOCC3)cn1)[C@H](CC(C)(C)C)CO2. The first kappa shape index (κ1) is 33.3. The molecule has 0 radical (unpaired) electrons. The Hall–Kier alpha value is -4.62. The van der Waals surface area contributed by atoms with Crippen molar-refractivity contribution in [2.45, 2.75) is 58.5 Å². The molecule has 1 amide bonds. The van der Waals surface area contributed by atoms with Gasteiger partial charge < -0.3 is 19.3 Å². The zero-order valence-electron chi connectivity index (χ0n) is 27.9. The van der Waals surface area contributed by atoms with Gasteiger partial charge in [-0.1, -0.05) is 45.0 Å². The van der Waals surface area contributed by atoms with Crippen LogP contribution >= 0.6 is 0 Å². The van der Waals surface area contributed by atoms with E-state index in [0.717, 1.165) is 35.6 Å². The highest BCUT2D eigenvalue weighted by molar-refractivity contribution is 7.92. The number of sulfonamides is 1. The minimum Gasteiger partial charge on any atom is -0.475 e. The van der Waals surface area contributed by atoms with Gasteiger partial charge in [-0.2, -0.15) is 4.98 Å². The number of hydrogen-bond acceptors (Lipinski definition) is 10. The van der Waals surface area contributed by atoms with E-state index >= 15 is 0 Å². The third kappa shape index (κ3) is 7.57. The van der Waals surface area contributed by atoms with Gasteiger partial charge in [0.25, 0.3) is 15.9 Å². The zero-order chi connectivity index (χ0) is 34.1. The van der Waals surface area contributed by atoms with Gasteiger partial charge in [0.1, 0.15) is 12.4 Å². The monoisotopic (exact) mass is 671 g/mol. The van der Waals surface area contributed by atoms with Crippen LogP contribution in [0.3, 0.4) is 0 Å². The van der Waals surface area contributed by atoms with Crippen molar-refractivity contribution in [2.75, 3.05) is 42.5 Å². The van der Waals surface area contributed by atoms with Crippen molar-refractivity contribution in [1.29, 1.82) is 0 Å². The van der Waals surface area contributed by atoms with E-state index in [4.69, 9.17) is 9.47 Å². The fourth-order valence-corrected chi connectivity index (χ4v) is 7.10. The van der Waals surface area contributed by atoms with Crippen LogP contribution in [0.2, 0.25) is 0 Å². The Morgan fingerprint density at radius 2 is 1.69 bits per heavy atom. The van der Waals surface area contributed by atoms with Gasteiger partial charge in [0.15, 0.2) is 0 Å². The van der Waals surface area contributed by atoms with E-state index in [1.165, 1.54) is 12.1 Å². The summed E-state index contributed by atoms with van der Waals surface area (Å²) in [6.45, 7) is 13.2. The molecule has 13 heteroatoms. The number of rotatable bonds is 5. The Kier molecular flexibility index (Phi) is 9.35. The van der Waals surface area contributed by atoms with E-state index in [1.807, 2.05) is 32.0 Å². The number of hydrogen-bond donors (Lipinski definition) is 1. The summed E-state index contributed by atoms with van der Waals surface area (Å²) in [6.07, 6.45) is 3.99. The van der Waals surface area contributed by atoms with Crippen LogP contribution in [-0.4, -0.2) is 78.1 Å². The van der Waals surface area contributed by atoms with E-state index in [-0.39, 0.29) is 46.8 Å². The van der Waals surface area contributed by atoms with E-state index in [1.54, 1.807) is 35.5 Å². The summed E-state index contributed by atoms with van der Waals surface area (Å²) >= 11 is 0. The number of ether oxygens (including phenoxy) is 2. The lowest BCUT2D eigenvalue weighted by atomic mass is 9.87. The maximum Gasteiger partial charge on any atom is 0.264 e. The first-order valence-corrected chi connectivity index (χ1v) is 17.5. The molecule has 2 aromatic carbocycles. The van der Waals surface area contributed by atoms with Gasteiger partial charge in [-0.3, -0.25) is 9.78 Å². The average molecular weight is 672 g/mol. The van der Waals surface area contributed by atoms with Crippen LogP contribution in [0.4, 0.5) is 11.8 Å². The summed E-state index contributed by atoms with van der Waals surface area (Å²) in [5.74, 6) is 0.461. The summed E-state index contributed by atoms with van der Waals surface area (Å²) in [4.78, 5) is 36.5. The Morgan fingerprint density at radius 1 is 0.958 bits per heavy atom. The number of amides is 1. The highest BCUT2D eigenvalue weighted by atomic mass is 32.2. The fraction of sp³-hybridized carbons (Fsp3) is 0.400. The van der Waals surface area contributed by atoms with E-state index < -0.39 is 16.1 Å². The largest absolute Gasteiger partial charge is 0.475 e. The number of carbonyl (C=O) groups is 1. The number of benzene rings is 2. The Morgan fingerprint density at radius 3 is 2.38 bits per heavy atom. The molecule has 1 fully saturated rings. The highest BCUT2D eigenvalue weighted by Gasteiger charge is 2.32. The normalized spacial score (nSPS) is 18.2. The molecule has 2 aliphatic heterocycles. The van der Waals surface area contributed by atoms with Crippen LogP contribution in [0.15, 0.2) is 65.8 Å². The van der Waals surface area contributed by atoms with Crippen LogP contribution in [0, 0.1) is 19.3 Å². The van der Waals surface area contributed by atoms with Crippen molar-refractivity contribution in [3.8, 4) is 17.1 Å². The van der Waals surface area contributed by atoms with Crippen LogP contribution in [-0.2, 0) is 21.3 Å². The molecule has 12 nitrogen and oxygen atoms in total. The fourth-order valence-electron chi connectivity index (χ4n) is 6.11. The van der Waals surface area contributed by atoms with Crippen molar-refractivity contribution < 1.29 is 22.7 Å². The number of nitrogens with one attached hydrogen (secondary N) is 1. The average Bonchev–Trinajstić information content (AvgIpc) is 3.05. The molecular formula is C35H41N7O5S. The molecule has 0 spiro atoms. The number of carbonyl (C=O) groups excluding carboxylic acids is 1. The second-order valence-corrected chi connectivity index (χ2v) is 15.1. The van der Waals surface area contributed by atoms with Gasteiger partial charge >= 0.3 is 0 Å². The molecule has 4 heterocycles. The lowest BCUT2D eigenvalue weighted by Gasteiger charge is -2.35. The minimum atomic E-state index is -4.17. The second kappa shape index (κ2) is 13.5. The van der Waals surface area contributed by atoms with Gasteiger partial charge in [0.05, 0.1) is 54.5 Å². The number of aryl methyl sites for hydroxylation is 2. The summed E-state index contributed by atoms with van der Waals surface area (Å²) in [6, 6.07) is 13.2. The van der Waals surface area contributed by atoms with Gasteiger partial charge in [0, 0.05) is 30.3 Å². The molecule has 4 aromatic rings. The molecular weight excluding hydrogens is 630 g/mol. The van der Waals surface area contributed by atoms with Gasteiger partial charge in [0.2, 0.25) is 11.8 Å². The van der Waals surface area contributed by atoms with Crippen LogP contribution in [0.5, 0.6) is 5.88 Å². The molecule has 1 atom stereocenters. The first-order chi connectivity index (χ1) is 22.9. The highest BCUT2D eigenvalue weighted by Crippen LogP contribution is 2.31. The predicted octanol–water partition coefficient (Wildman–Crippen LogP) is 5.03. The molecule has 252 valence electrons. The number of anilines is 2. The van der Waals surface area contributed by atoms with E-state index in [0.29, 0.717) is 31.0 Å². The molecule has 0 aliphatic carbocycles.